The van der Waals surface area contributed by atoms with Crippen LogP contribution in [0.3, 0.4) is 0 Å². The Morgan fingerprint density at radius 1 is 1.08 bits per heavy atom. The third kappa shape index (κ3) is 5.67. The number of halogens is 2. The molecule has 0 radical (unpaired) electrons. The Bertz CT molecular complexity index is 692. The highest BCUT2D eigenvalue weighted by Crippen LogP contribution is 2.19. The second kappa shape index (κ2) is 10.1. The van der Waals surface area contributed by atoms with Gasteiger partial charge in [0.1, 0.15) is 11.6 Å². The van der Waals surface area contributed by atoms with E-state index in [1.54, 1.807) is 26.3 Å². The summed E-state index contributed by atoms with van der Waals surface area (Å²) in [7, 11) is 3.34. The SMILES string of the molecule is CN=C(NCc1ccccc1F)NCc1ccc(C)cc1OC.I. The van der Waals surface area contributed by atoms with Crippen molar-refractivity contribution >= 4 is 29.9 Å². The summed E-state index contributed by atoms with van der Waals surface area (Å²) in [6.45, 7) is 2.96. The molecule has 6 heteroatoms. The molecule has 0 unspecified atom stereocenters. The Morgan fingerprint density at radius 2 is 1.75 bits per heavy atom. The molecule has 2 aromatic rings. The maximum Gasteiger partial charge on any atom is 0.191 e. The summed E-state index contributed by atoms with van der Waals surface area (Å²) in [5, 5.41) is 6.31. The van der Waals surface area contributed by atoms with E-state index in [0.29, 0.717) is 24.6 Å². The molecule has 0 bridgehead atoms. The van der Waals surface area contributed by atoms with Gasteiger partial charge >= 0.3 is 0 Å². The van der Waals surface area contributed by atoms with Gasteiger partial charge in [-0.25, -0.2) is 4.39 Å². The molecule has 0 aromatic heterocycles. The first-order chi connectivity index (χ1) is 11.1. The Kier molecular flexibility index (Phi) is 8.53. The van der Waals surface area contributed by atoms with Crippen LogP contribution in [0.2, 0.25) is 0 Å². The van der Waals surface area contributed by atoms with Crippen molar-refractivity contribution in [3.63, 3.8) is 0 Å². The first kappa shape index (κ1) is 20.2. The third-order valence-corrected chi connectivity index (χ3v) is 3.52. The lowest BCUT2D eigenvalue weighted by Gasteiger charge is -2.14. The number of methoxy groups -OCH3 is 1. The molecule has 0 saturated heterocycles. The highest BCUT2D eigenvalue weighted by atomic mass is 127. The number of ether oxygens (including phenoxy) is 1. The number of nitrogens with one attached hydrogen (secondary N) is 2. The molecule has 0 saturated carbocycles. The van der Waals surface area contributed by atoms with Crippen molar-refractivity contribution in [2.24, 2.45) is 4.99 Å². The van der Waals surface area contributed by atoms with E-state index < -0.39 is 0 Å². The van der Waals surface area contributed by atoms with Crippen molar-refractivity contribution < 1.29 is 9.13 Å². The summed E-state index contributed by atoms with van der Waals surface area (Å²) in [5.41, 5.74) is 2.78. The zero-order valence-corrected chi connectivity index (χ0v) is 16.4. The molecule has 0 fully saturated rings. The fourth-order valence-corrected chi connectivity index (χ4v) is 2.22. The highest BCUT2D eigenvalue weighted by Gasteiger charge is 2.06. The Morgan fingerprint density at radius 3 is 2.38 bits per heavy atom. The molecule has 0 amide bonds. The Balaban J connectivity index is 0.00000288. The number of hydrogen-bond acceptors (Lipinski definition) is 2. The minimum absolute atomic E-state index is 0. The van der Waals surface area contributed by atoms with E-state index in [2.05, 4.69) is 15.6 Å². The molecule has 0 aliphatic heterocycles. The molecule has 0 spiro atoms. The van der Waals surface area contributed by atoms with Crippen LogP contribution in [0.15, 0.2) is 47.5 Å². The van der Waals surface area contributed by atoms with E-state index in [1.807, 2.05) is 31.2 Å². The van der Waals surface area contributed by atoms with Crippen molar-refractivity contribution in [2.75, 3.05) is 14.2 Å². The zero-order chi connectivity index (χ0) is 16.7. The maximum absolute atomic E-state index is 13.6. The van der Waals surface area contributed by atoms with Crippen LogP contribution in [-0.4, -0.2) is 20.1 Å². The van der Waals surface area contributed by atoms with E-state index in [-0.39, 0.29) is 29.8 Å². The molecule has 0 heterocycles. The smallest absolute Gasteiger partial charge is 0.191 e. The van der Waals surface area contributed by atoms with E-state index in [9.17, 15) is 4.39 Å². The maximum atomic E-state index is 13.6. The highest BCUT2D eigenvalue weighted by molar-refractivity contribution is 14.0. The second-order valence-corrected chi connectivity index (χ2v) is 5.19. The van der Waals surface area contributed by atoms with E-state index in [0.717, 1.165) is 16.9 Å². The van der Waals surface area contributed by atoms with Gasteiger partial charge in [0.15, 0.2) is 5.96 Å². The summed E-state index contributed by atoms with van der Waals surface area (Å²) in [6.07, 6.45) is 0. The van der Waals surface area contributed by atoms with Crippen molar-refractivity contribution in [3.8, 4) is 5.75 Å². The average molecular weight is 443 g/mol. The zero-order valence-electron chi connectivity index (χ0n) is 14.1. The number of nitrogens with zero attached hydrogens (tertiary/aromatic N) is 1. The number of benzene rings is 2. The number of rotatable bonds is 5. The van der Waals surface area contributed by atoms with Gasteiger partial charge in [-0.05, 0) is 24.6 Å². The quantitative estimate of drug-likeness (QED) is 0.422. The molecular weight excluding hydrogens is 420 g/mol. The topological polar surface area (TPSA) is 45.7 Å². The van der Waals surface area contributed by atoms with Gasteiger partial charge in [0.05, 0.1) is 7.11 Å². The molecule has 2 aromatic carbocycles. The van der Waals surface area contributed by atoms with Crippen LogP contribution in [0.5, 0.6) is 5.75 Å². The largest absolute Gasteiger partial charge is 0.496 e. The van der Waals surface area contributed by atoms with Crippen LogP contribution in [-0.2, 0) is 13.1 Å². The molecule has 130 valence electrons. The second-order valence-electron chi connectivity index (χ2n) is 5.19. The van der Waals surface area contributed by atoms with Gasteiger partial charge in [-0.1, -0.05) is 30.3 Å². The monoisotopic (exact) mass is 443 g/mol. The first-order valence-corrected chi connectivity index (χ1v) is 7.45. The van der Waals surface area contributed by atoms with Gasteiger partial charge in [0.25, 0.3) is 0 Å². The van der Waals surface area contributed by atoms with Crippen LogP contribution in [0, 0.1) is 12.7 Å². The van der Waals surface area contributed by atoms with Crippen LogP contribution in [0.4, 0.5) is 4.39 Å². The predicted octanol–water partition coefficient (Wildman–Crippen LogP) is 3.63. The van der Waals surface area contributed by atoms with Gasteiger partial charge in [-0.2, -0.15) is 0 Å². The molecule has 2 N–H and O–H groups in total. The average Bonchev–Trinajstić information content (AvgIpc) is 2.57. The van der Waals surface area contributed by atoms with E-state index in [4.69, 9.17) is 4.74 Å². The van der Waals surface area contributed by atoms with Crippen molar-refractivity contribution in [2.45, 2.75) is 20.0 Å². The van der Waals surface area contributed by atoms with Crippen molar-refractivity contribution in [1.82, 2.24) is 10.6 Å². The van der Waals surface area contributed by atoms with Crippen molar-refractivity contribution in [1.29, 1.82) is 0 Å². The fourth-order valence-electron chi connectivity index (χ4n) is 2.22. The van der Waals surface area contributed by atoms with Crippen LogP contribution < -0.4 is 15.4 Å². The number of guanidine groups is 1. The molecule has 0 atom stereocenters. The van der Waals surface area contributed by atoms with E-state index >= 15 is 0 Å². The summed E-state index contributed by atoms with van der Waals surface area (Å²) < 4.78 is 19.0. The minimum atomic E-state index is -0.226. The first-order valence-electron chi connectivity index (χ1n) is 7.45. The number of aryl methyl sites for hydroxylation is 1. The molecule has 2 rings (SSSR count). The molecule has 0 aliphatic rings. The third-order valence-electron chi connectivity index (χ3n) is 3.52. The Hall–Kier alpha value is -1.83. The van der Waals surface area contributed by atoms with Crippen LogP contribution in [0.25, 0.3) is 0 Å². The van der Waals surface area contributed by atoms with Gasteiger partial charge < -0.3 is 15.4 Å². The molecular formula is C18H23FIN3O. The Labute approximate surface area is 159 Å². The number of aliphatic imine (C=N–C) groups is 1. The van der Waals surface area contributed by atoms with Crippen LogP contribution in [0.1, 0.15) is 16.7 Å². The molecule has 4 nitrogen and oxygen atoms in total. The molecule has 24 heavy (non-hydrogen) atoms. The van der Waals surface area contributed by atoms with E-state index in [1.165, 1.54) is 6.07 Å². The lowest BCUT2D eigenvalue weighted by atomic mass is 10.1. The summed E-state index contributed by atoms with van der Waals surface area (Å²) >= 11 is 0. The minimum Gasteiger partial charge on any atom is -0.496 e. The standard InChI is InChI=1S/C18H22FN3O.HI/c1-13-8-9-15(17(10-13)23-3)12-22-18(20-2)21-11-14-6-4-5-7-16(14)19;/h4-10H,11-12H2,1-3H3,(H2,20,21,22);1H. The lowest BCUT2D eigenvalue weighted by molar-refractivity contribution is 0.408. The van der Waals surface area contributed by atoms with Crippen LogP contribution >= 0.6 is 24.0 Å². The summed E-state index contributed by atoms with van der Waals surface area (Å²) in [5.74, 6) is 1.22. The molecule has 0 aliphatic carbocycles. The van der Waals surface area contributed by atoms with Gasteiger partial charge in [0.2, 0.25) is 0 Å². The van der Waals surface area contributed by atoms with Gasteiger partial charge in [-0.3, -0.25) is 4.99 Å². The van der Waals surface area contributed by atoms with Gasteiger partial charge in [0, 0.05) is 31.3 Å². The van der Waals surface area contributed by atoms with Gasteiger partial charge in [-0.15, -0.1) is 24.0 Å². The number of hydrogen-bond donors (Lipinski definition) is 2. The van der Waals surface area contributed by atoms with Crippen molar-refractivity contribution in [3.05, 3.63) is 65.0 Å². The predicted molar refractivity (Wildman–Crippen MR) is 107 cm³/mol. The lowest BCUT2D eigenvalue weighted by Crippen LogP contribution is -2.36. The summed E-state index contributed by atoms with van der Waals surface area (Å²) in [4.78, 5) is 4.15. The summed E-state index contributed by atoms with van der Waals surface area (Å²) in [6, 6.07) is 12.7. The normalized spacial score (nSPS) is 10.8. The fraction of sp³-hybridized carbons (Fsp3) is 0.278.